The Hall–Kier alpha value is -2.71. The zero-order chi connectivity index (χ0) is 19.3. The van der Waals surface area contributed by atoms with Crippen LogP contribution in [0.4, 0.5) is 5.69 Å². The van der Waals surface area contributed by atoms with Gasteiger partial charge in [0.2, 0.25) is 10.0 Å². The van der Waals surface area contributed by atoms with Crippen molar-refractivity contribution in [2.75, 3.05) is 19.0 Å². The fourth-order valence-corrected chi connectivity index (χ4v) is 3.01. The van der Waals surface area contributed by atoms with Gasteiger partial charge >= 0.3 is 5.97 Å². The van der Waals surface area contributed by atoms with E-state index >= 15 is 0 Å². The molecule has 1 amide bonds. The number of ether oxygens (including phenoxy) is 1. The molecule has 2 aromatic rings. The van der Waals surface area contributed by atoms with Crippen LogP contribution in [0, 0.1) is 0 Å². The Kier molecular flexibility index (Phi) is 6.12. The summed E-state index contributed by atoms with van der Waals surface area (Å²) in [7, 11) is -0.818. The van der Waals surface area contributed by atoms with Crippen LogP contribution < -0.4 is 9.62 Å². The van der Waals surface area contributed by atoms with E-state index in [-0.39, 0.29) is 10.5 Å². The van der Waals surface area contributed by atoms with Crippen molar-refractivity contribution < 1.29 is 22.7 Å². The van der Waals surface area contributed by atoms with Gasteiger partial charge in [0, 0.05) is 12.7 Å². The molecule has 1 N–H and O–H groups in total. The van der Waals surface area contributed by atoms with Crippen molar-refractivity contribution in [3.05, 3.63) is 60.2 Å². The lowest BCUT2D eigenvalue weighted by Crippen LogP contribution is -2.37. The molecule has 0 radical (unpaired) electrons. The average Bonchev–Trinajstić information content (AvgIpc) is 2.67. The summed E-state index contributed by atoms with van der Waals surface area (Å²) in [6.07, 6.45) is -1.03. The fraction of sp³-hybridized carbons (Fsp3) is 0.222. The predicted octanol–water partition coefficient (Wildman–Crippen LogP) is 1.80. The van der Waals surface area contributed by atoms with Gasteiger partial charge in [0.15, 0.2) is 6.10 Å². The molecule has 0 spiro atoms. The fourth-order valence-electron chi connectivity index (χ4n) is 2.24. The van der Waals surface area contributed by atoms with Crippen molar-refractivity contribution >= 4 is 27.6 Å². The van der Waals surface area contributed by atoms with Crippen LogP contribution in [0.25, 0.3) is 0 Å². The Bertz CT molecular complexity index is 897. The number of rotatable bonds is 6. The summed E-state index contributed by atoms with van der Waals surface area (Å²) in [4.78, 5) is 26.0. The maximum absolute atomic E-state index is 12.4. The Morgan fingerprint density at radius 1 is 1.08 bits per heavy atom. The summed E-state index contributed by atoms with van der Waals surface area (Å²) in [6.45, 7) is 1.47. The van der Waals surface area contributed by atoms with Crippen LogP contribution in [0.5, 0.6) is 0 Å². The number of carbonyl (C=O) groups excluding carboxylic acids is 2. The quantitative estimate of drug-likeness (QED) is 0.776. The number of nitrogens with one attached hydrogen (secondary N) is 1. The maximum atomic E-state index is 12.4. The Morgan fingerprint density at radius 2 is 1.73 bits per heavy atom. The molecule has 0 saturated heterocycles. The number of hydrogen-bond acceptors (Lipinski definition) is 5. The van der Waals surface area contributed by atoms with Crippen molar-refractivity contribution in [1.82, 2.24) is 4.72 Å². The molecule has 7 nitrogen and oxygen atoms in total. The second kappa shape index (κ2) is 8.11. The Balaban J connectivity index is 2.12. The third kappa shape index (κ3) is 4.47. The van der Waals surface area contributed by atoms with Crippen LogP contribution in [-0.2, 0) is 19.6 Å². The predicted molar refractivity (Wildman–Crippen MR) is 97.4 cm³/mol. The lowest BCUT2D eigenvalue weighted by atomic mass is 10.2. The van der Waals surface area contributed by atoms with E-state index in [9.17, 15) is 18.0 Å². The Morgan fingerprint density at radius 3 is 2.35 bits per heavy atom. The second-order valence-corrected chi connectivity index (χ2v) is 7.40. The third-order valence-corrected chi connectivity index (χ3v) is 5.17. The van der Waals surface area contributed by atoms with Gasteiger partial charge in [-0.1, -0.05) is 24.3 Å². The van der Waals surface area contributed by atoms with Crippen molar-refractivity contribution in [3.63, 3.8) is 0 Å². The highest BCUT2D eigenvalue weighted by Crippen LogP contribution is 2.16. The van der Waals surface area contributed by atoms with E-state index in [0.29, 0.717) is 5.69 Å². The zero-order valence-corrected chi connectivity index (χ0v) is 15.5. The molecule has 8 heteroatoms. The van der Waals surface area contributed by atoms with E-state index < -0.39 is 28.0 Å². The first-order chi connectivity index (χ1) is 12.3. The molecule has 138 valence electrons. The maximum Gasteiger partial charge on any atom is 0.338 e. The number of likely N-dealkylation sites (N-methyl/N-ethyl adjacent to an activating group) is 1. The van der Waals surface area contributed by atoms with Crippen molar-refractivity contribution in [2.45, 2.75) is 17.9 Å². The molecule has 0 aliphatic rings. The van der Waals surface area contributed by atoms with Crippen LogP contribution in [0.1, 0.15) is 17.3 Å². The van der Waals surface area contributed by atoms with Gasteiger partial charge in [-0.2, -0.15) is 0 Å². The minimum Gasteiger partial charge on any atom is -0.449 e. The van der Waals surface area contributed by atoms with Crippen LogP contribution in [-0.4, -0.2) is 40.5 Å². The summed E-state index contributed by atoms with van der Waals surface area (Å²) in [5.74, 6) is -1.18. The number of anilines is 1. The zero-order valence-electron chi connectivity index (χ0n) is 14.7. The van der Waals surface area contributed by atoms with Crippen LogP contribution in [0.3, 0.4) is 0 Å². The summed E-state index contributed by atoms with van der Waals surface area (Å²) < 4.78 is 31.0. The van der Waals surface area contributed by atoms with Gasteiger partial charge in [-0.3, -0.25) is 4.79 Å². The van der Waals surface area contributed by atoms with Gasteiger partial charge in [0.05, 0.1) is 10.5 Å². The van der Waals surface area contributed by atoms with Crippen LogP contribution >= 0.6 is 0 Å². The lowest BCUT2D eigenvalue weighted by molar-refractivity contribution is -0.126. The van der Waals surface area contributed by atoms with Crippen LogP contribution in [0.15, 0.2) is 59.5 Å². The lowest BCUT2D eigenvalue weighted by Gasteiger charge is -2.21. The normalized spacial score (nSPS) is 12.3. The third-order valence-electron chi connectivity index (χ3n) is 3.75. The number of amides is 1. The van der Waals surface area contributed by atoms with Crippen LogP contribution in [0.2, 0.25) is 0 Å². The minimum atomic E-state index is -3.68. The van der Waals surface area contributed by atoms with Crippen molar-refractivity contribution in [1.29, 1.82) is 0 Å². The van der Waals surface area contributed by atoms with Crippen molar-refractivity contribution in [3.8, 4) is 0 Å². The SMILES string of the molecule is CNS(=O)(=O)c1cccc(C(=O)O[C@H](C)C(=O)N(C)c2ccccc2)c1. The molecule has 2 rings (SSSR count). The molecule has 2 aromatic carbocycles. The highest BCUT2D eigenvalue weighted by Gasteiger charge is 2.24. The molecular formula is C18H20N2O5S. The molecular weight excluding hydrogens is 356 g/mol. The van der Waals surface area contributed by atoms with Gasteiger partial charge < -0.3 is 9.64 Å². The molecule has 0 aliphatic heterocycles. The van der Waals surface area contributed by atoms with E-state index in [1.165, 1.54) is 43.1 Å². The number of hydrogen-bond donors (Lipinski definition) is 1. The van der Waals surface area contributed by atoms with Gasteiger partial charge in [0.1, 0.15) is 0 Å². The molecule has 0 saturated carbocycles. The van der Waals surface area contributed by atoms with Gasteiger partial charge in [-0.05, 0) is 44.3 Å². The van der Waals surface area contributed by atoms with Gasteiger partial charge in [0.25, 0.3) is 5.91 Å². The standard InChI is InChI=1S/C18H20N2O5S/c1-13(17(21)20(3)15-9-5-4-6-10-15)25-18(22)14-8-7-11-16(12-14)26(23,24)19-2/h4-13,19H,1-3H3/t13-/m1/s1. The molecule has 0 unspecified atom stereocenters. The molecule has 0 heterocycles. The smallest absolute Gasteiger partial charge is 0.338 e. The number of benzene rings is 2. The average molecular weight is 376 g/mol. The summed E-state index contributed by atoms with van der Waals surface area (Å²) in [5, 5.41) is 0. The number of nitrogens with zero attached hydrogens (tertiary/aromatic N) is 1. The molecule has 0 aromatic heterocycles. The Labute approximate surface area is 152 Å². The van der Waals surface area contributed by atoms with Gasteiger partial charge in [-0.15, -0.1) is 0 Å². The first-order valence-corrected chi connectivity index (χ1v) is 9.32. The van der Waals surface area contributed by atoms with Gasteiger partial charge in [-0.25, -0.2) is 17.9 Å². The first-order valence-electron chi connectivity index (χ1n) is 7.83. The largest absolute Gasteiger partial charge is 0.449 e. The summed E-state index contributed by atoms with van der Waals surface area (Å²) >= 11 is 0. The molecule has 0 aliphatic carbocycles. The highest BCUT2D eigenvalue weighted by atomic mass is 32.2. The first kappa shape index (κ1) is 19.6. The van der Waals surface area contributed by atoms with E-state index in [1.54, 1.807) is 31.3 Å². The highest BCUT2D eigenvalue weighted by molar-refractivity contribution is 7.89. The number of esters is 1. The number of sulfonamides is 1. The number of para-hydroxylation sites is 1. The van der Waals surface area contributed by atoms with E-state index in [2.05, 4.69) is 4.72 Å². The number of carbonyl (C=O) groups is 2. The van der Waals surface area contributed by atoms with Crippen molar-refractivity contribution in [2.24, 2.45) is 0 Å². The van der Waals surface area contributed by atoms with E-state index in [0.717, 1.165) is 0 Å². The van der Waals surface area contributed by atoms with E-state index in [4.69, 9.17) is 4.74 Å². The summed E-state index contributed by atoms with van der Waals surface area (Å²) in [6, 6.07) is 14.4. The van der Waals surface area contributed by atoms with E-state index in [1.807, 2.05) is 6.07 Å². The topological polar surface area (TPSA) is 92.8 Å². The summed E-state index contributed by atoms with van der Waals surface area (Å²) in [5.41, 5.74) is 0.714. The minimum absolute atomic E-state index is 0.0448. The second-order valence-electron chi connectivity index (χ2n) is 5.52. The molecule has 0 fully saturated rings. The monoisotopic (exact) mass is 376 g/mol. The molecule has 1 atom stereocenters. The molecule has 0 bridgehead atoms. The molecule has 26 heavy (non-hydrogen) atoms.